The Morgan fingerprint density at radius 2 is 1.90 bits per heavy atom. The molecule has 0 radical (unpaired) electrons. The zero-order valence-electron chi connectivity index (χ0n) is 17.1. The number of rotatable bonds is 4. The molecular weight excluding hydrogens is 398 g/mol. The van der Waals surface area contributed by atoms with E-state index in [9.17, 15) is 13.7 Å². The Morgan fingerprint density at radius 3 is 2.43 bits per heavy atom. The number of aryl methyl sites for hydroxylation is 1. The topological polar surface area (TPSA) is 101 Å². The molecule has 1 N–H and O–H groups in total. The van der Waals surface area contributed by atoms with Gasteiger partial charge in [-0.05, 0) is 63.6 Å². The summed E-state index contributed by atoms with van der Waals surface area (Å²) in [6, 6.07) is 7.36. The zero-order chi connectivity index (χ0) is 21.7. The molecule has 0 aromatic carbocycles. The standard InChI is InChI=1S/C22H21N5O2S/c1-14-10-19-20(25-12-14)17(11-23)21(27(19)15-6-5-7-15)18-9-8-16(13-24-18)30(28,29)26-22(2,3)4/h5-10,12-13,26H,1-4H3. The monoisotopic (exact) mass is 419 g/mol. The summed E-state index contributed by atoms with van der Waals surface area (Å²) >= 11 is 0. The highest BCUT2D eigenvalue weighted by Gasteiger charge is 2.25. The largest absolute Gasteiger partial charge is 0.305 e. The van der Waals surface area contributed by atoms with Crippen LogP contribution >= 0.6 is 0 Å². The smallest absolute Gasteiger partial charge is 0.242 e. The minimum Gasteiger partial charge on any atom is -0.305 e. The van der Waals surface area contributed by atoms with Crippen molar-refractivity contribution in [3.8, 4) is 17.5 Å². The number of aromatic nitrogens is 3. The van der Waals surface area contributed by atoms with Gasteiger partial charge in [0.05, 0.1) is 16.9 Å². The van der Waals surface area contributed by atoms with Crippen molar-refractivity contribution in [2.75, 3.05) is 0 Å². The third kappa shape index (κ3) is 3.43. The first kappa shape index (κ1) is 20.0. The van der Waals surface area contributed by atoms with Gasteiger partial charge < -0.3 is 4.57 Å². The quantitative estimate of drug-likeness (QED) is 0.694. The van der Waals surface area contributed by atoms with E-state index >= 15 is 0 Å². The lowest BCUT2D eigenvalue weighted by Gasteiger charge is -2.20. The van der Waals surface area contributed by atoms with Crippen molar-refractivity contribution in [3.05, 3.63) is 59.9 Å². The van der Waals surface area contributed by atoms with E-state index in [1.54, 1.807) is 33.0 Å². The third-order valence-corrected chi connectivity index (χ3v) is 6.32. The van der Waals surface area contributed by atoms with Crippen LogP contribution in [0.1, 0.15) is 31.9 Å². The number of fused-ring (bicyclic) bond motifs is 1. The Labute approximate surface area is 175 Å². The summed E-state index contributed by atoms with van der Waals surface area (Å²) in [5, 5.41) is 9.87. The molecule has 3 heterocycles. The van der Waals surface area contributed by atoms with Crippen molar-refractivity contribution in [1.29, 1.82) is 5.26 Å². The number of nitrogens with one attached hydrogen (secondary N) is 1. The summed E-state index contributed by atoms with van der Waals surface area (Å²) in [6.45, 7) is 7.27. The molecule has 1 aliphatic carbocycles. The van der Waals surface area contributed by atoms with Crippen LogP contribution in [-0.2, 0) is 10.0 Å². The van der Waals surface area contributed by atoms with Crippen LogP contribution in [0.25, 0.3) is 28.1 Å². The van der Waals surface area contributed by atoms with Gasteiger partial charge in [-0.2, -0.15) is 5.26 Å². The minimum atomic E-state index is -3.70. The molecule has 0 bridgehead atoms. The first-order valence-electron chi connectivity index (χ1n) is 9.41. The van der Waals surface area contributed by atoms with Crippen molar-refractivity contribution < 1.29 is 8.42 Å². The number of nitrogens with zero attached hydrogens (tertiary/aromatic N) is 4. The zero-order valence-corrected chi connectivity index (χ0v) is 17.9. The summed E-state index contributed by atoms with van der Waals surface area (Å²) < 4.78 is 29.7. The maximum absolute atomic E-state index is 12.6. The Balaban J connectivity index is 1.89. The van der Waals surface area contributed by atoms with E-state index in [0.717, 1.165) is 16.8 Å². The molecule has 1 aliphatic rings. The second-order valence-corrected chi connectivity index (χ2v) is 9.92. The highest BCUT2D eigenvalue weighted by Crippen LogP contribution is 2.36. The van der Waals surface area contributed by atoms with Crippen molar-refractivity contribution in [2.24, 2.45) is 0 Å². The normalized spacial score (nSPS) is 13.8. The molecule has 0 unspecified atom stereocenters. The molecule has 0 saturated heterocycles. The van der Waals surface area contributed by atoms with E-state index in [4.69, 9.17) is 0 Å². The van der Waals surface area contributed by atoms with E-state index in [1.165, 1.54) is 12.3 Å². The molecule has 30 heavy (non-hydrogen) atoms. The van der Waals surface area contributed by atoms with Crippen LogP contribution in [0.15, 0.2) is 53.7 Å². The van der Waals surface area contributed by atoms with Crippen molar-refractivity contribution in [2.45, 2.75) is 38.1 Å². The summed E-state index contributed by atoms with van der Waals surface area (Å²) in [5.41, 5.74) is 4.18. The first-order valence-corrected chi connectivity index (χ1v) is 10.9. The lowest BCUT2D eigenvalue weighted by Crippen LogP contribution is -2.40. The molecule has 0 fully saturated rings. The predicted molar refractivity (Wildman–Crippen MR) is 116 cm³/mol. The van der Waals surface area contributed by atoms with Crippen molar-refractivity contribution in [3.63, 3.8) is 0 Å². The van der Waals surface area contributed by atoms with Crippen LogP contribution in [0, 0.1) is 18.3 Å². The Hall–Kier alpha value is -3.28. The molecule has 0 spiro atoms. The van der Waals surface area contributed by atoms with Gasteiger partial charge >= 0.3 is 0 Å². The van der Waals surface area contributed by atoms with Gasteiger partial charge in [0.2, 0.25) is 10.0 Å². The number of sulfonamides is 1. The van der Waals surface area contributed by atoms with Crippen molar-refractivity contribution >= 4 is 26.8 Å². The second kappa shape index (κ2) is 6.90. The molecule has 3 aromatic heterocycles. The molecule has 0 saturated carbocycles. The Morgan fingerprint density at radius 1 is 1.17 bits per heavy atom. The maximum atomic E-state index is 12.6. The summed E-state index contributed by atoms with van der Waals surface area (Å²) in [5.74, 6) is 0. The van der Waals surface area contributed by atoms with Crippen molar-refractivity contribution in [1.82, 2.24) is 19.3 Å². The van der Waals surface area contributed by atoms with Gasteiger partial charge in [0.25, 0.3) is 0 Å². The molecule has 3 aromatic rings. The number of nitriles is 1. The van der Waals surface area contributed by atoms with E-state index in [0.29, 0.717) is 22.5 Å². The summed E-state index contributed by atoms with van der Waals surface area (Å²) in [4.78, 5) is 8.94. The average Bonchev–Trinajstić information content (AvgIpc) is 2.92. The van der Waals surface area contributed by atoms with E-state index in [1.807, 2.05) is 35.8 Å². The van der Waals surface area contributed by atoms with Crippen LogP contribution in [0.4, 0.5) is 0 Å². The minimum absolute atomic E-state index is 0.0686. The van der Waals surface area contributed by atoms with Crippen LogP contribution in [-0.4, -0.2) is 28.5 Å². The summed E-state index contributed by atoms with van der Waals surface area (Å²) in [6.07, 6.45) is 8.85. The second-order valence-electron chi connectivity index (χ2n) is 8.24. The fourth-order valence-electron chi connectivity index (χ4n) is 3.35. The van der Waals surface area contributed by atoms with Crippen LogP contribution in [0.5, 0.6) is 0 Å². The van der Waals surface area contributed by atoms with Gasteiger partial charge in [0.1, 0.15) is 22.0 Å². The number of allylic oxidation sites excluding steroid dienone is 4. The Kier molecular flexibility index (Phi) is 4.60. The van der Waals surface area contributed by atoms with Gasteiger partial charge in [-0.1, -0.05) is 6.08 Å². The van der Waals surface area contributed by atoms with Crippen LogP contribution in [0.2, 0.25) is 0 Å². The molecule has 8 heteroatoms. The summed E-state index contributed by atoms with van der Waals surface area (Å²) in [7, 11) is -3.70. The van der Waals surface area contributed by atoms with E-state index in [2.05, 4.69) is 20.8 Å². The van der Waals surface area contributed by atoms with E-state index in [-0.39, 0.29) is 4.90 Å². The molecular formula is C22H21N5O2S. The average molecular weight is 420 g/mol. The maximum Gasteiger partial charge on any atom is 0.242 e. The highest BCUT2D eigenvalue weighted by atomic mass is 32.2. The van der Waals surface area contributed by atoms with E-state index < -0.39 is 15.6 Å². The molecule has 152 valence electrons. The highest BCUT2D eigenvalue weighted by molar-refractivity contribution is 7.89. The molecule has 0 atom stereocenters. The van der Waals surface area contributed by atoms with Crippen LogP contribution < -0.4 is 4.72 Å². The van der Waals surface area contributed by atoms with Gasteiger partial charge in [0, 0.05) is 23.6 Å². The fraction of sp³-hybridized carbons (Fsp3) is 0.227. The van der Waals surface area contributed by atoms with Gasteiger partial charge in [-0.15, -0.1) is 0 Å². The van der Waals surface area contributed by atoms with Gasteiger partial charge in [-0.3, -0.25) is 9.97 Å². The molecule has 4 rings (SSSR count). The predicted octanol–water partition coefficient (Wildman–Crippen LogP) is 3.77. The lowest BCUT2D eigenvalue weighted by atomic mass is 10.1. The molecule has 0 amide bonds. The number of pyridine rings is 2. The molecule has 0 aliphatic heterocycles. The van der Waals surface area contributed by atoms with Gasteiger partial charge in [0.15, 0.2) is 0 Å². The van der Waals surface area contributed by atoms with Crippen LogP contribution in [0.3, 0.4) is 0 Å². The molecule has 7 nitrogen and oxygen atoms in total. The van der Waals surface area contributed by atoms with Gasteiger partial charge in [-0.25, -0.2) is 13.1 Å². The fourth-order valence-corrected chi connectivity index (χ4v) is 4.71. The number of hydrogen-bond acceptors (Lipinski definition) is 5. The number of hydrogen-bond donors (Lipinski definition) is 1. The lowest BCUT2D eigenvalue weighted by molar-refractivity contribution is 0.491. The Bertz CT molecular complexity index is 1370. The SMILES string of the molecule is Cc1cnc2c(C#N)c(-c3ccc(S(=O)(=O)NC(C)(C)C)cn3)n(C3=CC=C3)c2c1. The third-order valence-electron chi connectivity index (χ3n) is 4.58. The first-order chi connectivity index (χ1) is 14.1.